The molecule has 0 saturated carbocycles. The van der Waals surface area contributed by atoms with E-state index in [1.54, 1.807) is 18.4 Å². The molecule has 1 unspecified atom stereocenters. The fourth-order valence-electron chi connectivity index (χ4n) is 2.21. The molecule has 21 heavy (non-hydrogen) atoms. The number of thiazole rings is 1. The molecule has 2 N–H and O–H groups in total. The van der Waals surface area contributed by atoms with Gasteiger partial charge >= 0.3 is 0 Å². The molecule has 2 aromatic carbocycles. The number of hydrogen-bond donors (Lipinski definition) is 1. The first-order valence-corrected chi connectivity index (χ1v) is 7.57. The highest BCUT2D eigenvalue weighted by Crippen LogP contribution is 2.32. The highest BCUT2D eigenvalue weighted by Gasteiger charge is 2.15. The average molecular weight is 296 g/mol. The number of rotatable bonds is 4. The van der Waals surface area contributed by atoms with Crippen molar-refractivity contribution in [2.75, 3.05) is 7.11 Å². The molecule has 0 fully saturated rings. The van der Waals surface area contributed by atoms with Gasteiger partial charge in [-0.25, -0.2) is 4.98 Å². The van der Waals surface area contributed by atoms with Gasteiger partial charge in [0.25, 0.3) is 0 Å². The lowest BCUT2D eigenvalue weighted by Crippen LogP contribution is -2.11. The number of ether oxygens (including phenoxy) is 1. The summed E-state index contributed by atoms with van der Waals surface area (Å²) in [5.74, 6) is 0.822. The molecule has 0 spiro atoms. The molecule has 0 aliphatic rings. The summed E-state index contributed by atoms with van der Waals surface area (Å²) in [6, 6.07) is 17.7. The predicted molar refractivity (Wildman–Crippen MR) is 86.6 cm³/mol. The Hall–Kier alpha value is -2.17. The third-order valence-corrected chi connectivity index (χ3v) is 4.26. The van der Waals surface area contributed by atoms with Crippen molar-refractivity contribution in [3.05, 3.63) is 70.5 Å². The quantitative estimate of drug-likeness (QED) is 0.795. The summed E-state index contributed by atoms with van der Waals surface area (Å²) in [7, 11) is 1.67. The average Bonchev–Trinajstić information content (AvgIpc) is 3.04. The van der Waals surface area contributed by atoms with Gasteiger partial charge in [0.05, 0.1) is 18.8 Å². The third-order valence-electron chi connectivity index (χ3n) is 3.33. The van der Waals surface area contributed by atoms with Crippen LogP contribution in [-0.4, -0.2) is 12.1 Å². The highest BCUT2D eigenvalue weighted by molar-refractivity contribution is 7.10. The Balaban J connectivity index is 1.93. The van der Waals surface area contributed by atoms with Gasteiger partial charge in [0.1, 0.15) is 10.8 Å². The van der Waals surface area contributed by atoms with Crippen molar-refractivity contribution in [2.24, 2.45) is 5.73 Å². The van der Waals surface area contributed by atoms with Crippen LogP contribution in [0.5, 0.6) is 5.75 Å². The predicted octanol–water partition coefficient (Wildman–Crippen LogP) is 3.87. The fourth-order valence-corrected chi connectivity index (χ4v) is 3.06. The van der Waals surface area contributed by atoms with E-state index in [0.717, 1.165) is 27.6 Å². The summed E-state index contributed by atoms with van der Waals surface area (Å²) in [5.41, 5.74) is 9.25. The molecular weight excluding hydrogens is 280 g/mol. The van der Waals surface area contributed by atoms with Crippen LogP contribution in [-0.2, 0) is 0 Å². The molecule has 4 heteroatoms. The largest absolute Gasteiger partial charge is 0.496 e. The second-order valence-corrected chi connectivity index (χ2v) is 5.55. The van der Waals surface area contributed by atoms with Crippen molar-refractivity contribution in [1.29, 1.82) is 0 Å². The zero-order valence-electron chi connectivity index (χ0n) is 11.7. The topological polar surface area (TPSA) is 48.1 Å². The van der Waals surface area contributed by atoms with E-state index in [0.29, 0.717) is 0 Å². The van der Waals surface area contributed by atoms with Crippen LogP contribution in [0.15, 0.2) is 60.0 Å². The van der Waals surface area contributed by atoms with Crippen LogP contribution in [0.3, 0.4) is 0 Å². The Morgan fingerprint density at radius 3 is 2.52 bits per heavy atom. The Morgan fingerprint density at radius 2 is 1.76 bits per heavy atom. The number of para-hydroxylation sites is 1. The maximum atomic E-state index is 6.29. The molecule has 106 valence electrons. The van der Waals surface area contributed by atoms with E-state index in [1.165, 1.54) is 0 Å². The van der Waals surface area contributed by atoms with Gasteiger partial charge < -0.3 is 10.5 Å². The molecule has 0 aliphatic heterocycles. The van der Waals surface area contributed by atoms with Gasteiger partial charge in [-0.05, 0) is 17.7 Å². The summed E-state index contributed by atoms with van der Waals surface area (Å²) < 4.78 is 5.39. The molecule has 0 radical (unpaired) electrons. The lowest BCUT2D eigenvalue weighted by molar-refractivity contribution is 0.416. The van der Waals surface area contributed by atoms with E-state index < -0.39 is 0 Å². The van der Waals surface area contributed by atoms with E-state index in [-0.39, 0.29) is 6.04 Å². The molecule has 0 bridgehead atoms. The summed E-state index contributed by atoms with van der Waals surface area (Å²) in [5, 5.41) is 2.93. The Morgan fingerprint density at radius 1 is 1.05 bits per heavy atom. The van der Waals surface area contributed by atoms with Crippen LogP contribution in [0.4, 0.5) is 0 Å². The third kappa shape index (κ3) is 2.82. The molecule has 1 aromatic heterocycles. The maximum absolute atomic E-state index is 6.29. The van der Waals surface area contributed by atoms with Gasteiger partial charge in [-0.3, -0.25) is 0 Å². The minimum absolute atomic E-state index is 0.195. The maximum Gasteiger partial charge on any atom is 0.128 e. The molecule has 3 aromatic rings. The van der Waals surface area contributed by atoms with Crippen molar-refractivity contribution in [1.82, 2.24) is 4.98 Å². The van der Waals surface area contributed by atoms with Gasteiger partial charge in [-0.2, -0.15) is 0 Å². The Kier molecular flexibility index (Phi) is 3.99. The summed E-state index contributed by atoms with van der Waals surface area (Å²) in [6.45, 7) is 0. The number of aromatic nitrogens is 1. The van der Waals surface area contributed by atoms with Crippen LogP contribution < -0.4 is 10.5 Å². The number of benzene rings is 2. The zero-order valence-corrected chi connectivity index (χ0v) is 12.5. The van der Waals surface area contributed by atoms with Crippen molar-refractivity contribution in [3.8, 4) is 17.0 Å². The van der Waals surface area contributed by atoms with Crippen LogP contribution in [0, 0.1) is 0 Å². The normalized spacial score (nSPS) is 12.1. The van der Waals surface area contributed by atoms with Gasteiger partial charge in [0, 0.05) is 10.9 Å². The Labute approximate surface area is 128 Å². The first-order valence-electron chi connectivity index (χ1n) is 6.69. The van der Waals surface area contributed by atoms with Crippen LogP contribution in [0.2, 0.25) is 0 Å². The van der Waals surface area contributed by atoms with Gasteiger partial charge in [0.15, 0.2) is 0 Å². The lowest BCUT2D eigenvalue weighted by atomic mass is 10.1. The first-order chi connectivity index (χ1) is 10.3. The summed E-state index contributed by atoms with van der Waals surface area (Å²) in [4.78, 5) is 4.68. The van der Waals surface area contributed by atoms with Crippen molar-refractivity contribution in [2.45, 2.75) is 6.04 Å². The monoisotopic (exact) mass is 296 g/mol. The first kappa shape index (κ1) is 13.8. The van der Waals surface area contributed by atoms with E-state index >= 15 is 0 Å². The molecule has 3 nitrogen and oxygen atoms in total. The summed E-state index contributed by atoms with van der Waals surface area (Å²) >= 11 is 1.57. The van der Waals surface area contributed by atoms with Gasteiger partial charge in [-0.15, -0.1) is 11.3 Å². The molecule has 1 heterocycles. The van der Waals surface area contributed by atoms with Crippen LogP contribution in [0.1, 0.15) is 16.6 Å². The van der Waals surface area contributed by atoms with Gasteiger partial charge in [0.2, 0.25) is 0 Å². The minimum Gasteiger partial charge on any atom is -0.496 e. The summed E-state index contributed by atoms with van der Waals surface area (Å²) in [6.07, 6.45) is 0. The van der Waals surface area contributed by atoms with E-state index in [4.69, 9.17) is 10.5 Å². The second kappa shape index (κ2) is 6.08. The zero-order chi connectivity index (χ0) is 14.7. The molecule has 0 amide bonds. The van der Waals surface area contributed by atoms with E-state index in [1.807, 2.05) is 60.0 Å². The van der Waals surface area contributed by atoms with Crippen LogP contribution in [0.25, 0.3) is 11.3 Å². The van der Waals surface area contributed by atoms with Gasteiger partial charge in [-0.1, -0.05) is 42.5 Å². The molecule has 3 rings (SSSR count). The standard InChI is InChI=1S/C17H16N2OS/c1-20-15-10-6-5-9-13(15)14-11-21-17(19-14)16(18)12-7-3-2-4-8-12/h2-11,16H,18H2,1H3. The van der Waals surface area contributed by atoms with E-state index in [9.17, 15) is 0 Å². The van der Waals surface area contributed by atoms with Crippen molar-refractivity contribution in [3.63, 3.8) is 0 Å². The van der Waals surface area contributed by atoms with Crippen molar-refractivity contribution >= 4 is 11.3 Å². The van der Waals surface area contributed by atoms with Crippen molar-refractivity contribution < 1.29 is 4.74 Å². The fraction of sp³-hybridized carbons (Fsp3) is 0.118. The minimum atomic E-state index is -0.195. The molecule has 1 atom stereocenters. The smallest absolute Gasteiger partial charge is 0.128 e. The van der Waals surface area contributed by atoms with E-state index in [2.05, 4.69) is 4.98 Å². The number of nitrogens with two attached hydrogens (primary N) is 1. The Bertz CT molecular complexity index is 724. The molecule has 0 aliphatic carbocycles. The number of nitrogens with zero attached hydrogens (tertiary/aromatic N) is 1. The molecular formula is C17H16N2OS. The molecule has 0 saturated heterocycles. The highest BCUT2D eigenvalue weighted by atomic mass is 32.1. The SMILES string of the molecule is COc1ccccc1-c1csc(C(N)c2ccccc2)n1. The lowest BCUT2D eigenvalue weighted by Gasteiger charge is -2.08. The number of hydrogen-bond acceptors (Lipinski definition) is 4. The van der Waals surface area contributed by atoms with Crippen LogP contribution >= 0.6 is 11.3 Å². The number of methoxy groups -OCH3 is 1. The second-order valence-electron chi connectivity index (χ2n) is 4.66.